The number of carbonyl (C=O) groups is 2. The standard InChI is InChI=1S/C25H34N2O3/c1-5-7-16-26-25(29)20(4)27(17-22-10-8-19(3)9-11-22)24(28)18-30-23-14-12-21(6-2)13-15-23/h8-15,20H,5-7,16-18H2,1-4H3,(H,26,29)/t20-/m1/s1. The molecule has 2 aromatic rings. The Labute approximate surface area is 180 Å². The molecule has 0 aliphatic heterocycles. The summed E-state index contributed by atoms with van der Waals surface area (Å²) in [5.74, 6) is 0.292. The molecule has 0 spiro atoms. The number of rotatable bonds is 11. The van der Waals surface area contributed by atoms with Gasteiger partial charge in [0.15, 0.2) is 6.61 Å². The van der Waals surface area contributed by atoms with Gasteiger partial charge < -0.3 is 15.0 Å². The SMILES string of the molecule is CCCCNC(=O)[C@@H](C)N(Cc1ccc(C)cc1)C(=O)COc1ccc(CC)cc1. The number of nitrogens with zero attached hydrogens (tertiary/aromatic N) is 1. The fourth-order valence-electron chi connectivity index (χ4n) is 3.06. The number of nitrogens with one attached hydrogen (secondary N) is 1. The largest absolute Gasteiger partial charge is 0.484 e. The van der Waals surface area contributed by atoms with E-state index in [4.69, 9.17) is 4.74 Å². The van der Waals surface area contributed by atoms with Crippen LogP contribution >= 0.6 is 0 Å². The van der Waals surface area contributed by atoms with Gasteiger partial charge in [-0.25, -0.2) is 0 Å². The van der Waals surface area contributed by atoms with E-state index in [0.717, 1.165) is 30.4 Å². The molecule has 0 saturated carbocycles. The Kier molecular flexibility index (Phi) is 9.39. The lowest BCUT2D eigenvalue weighted by atomic mass is 10.1. The smallest absolute Gasteiger partial charge is 0.261 e. The molecule has 162 valence electrons. The van der Waals surface area contributed by atoms with Crippen molar-refractivity contribution in [3.63, 3.8) is 0 Å². The number of hydrogen-bond acceptors (Lipinski definition) is 3. The summed E-state index contributed by atoms with van der Waals surface area (Å²) < 4.78 is 5.71. The Hall–Kier alpha value is -2.82. The summed E-state index contributed by atoms with van der Waals surface area (Å²) in [5.41, 5.74) is 3.35. The van der Waals surface area contributed by atoms with Gasteiger partial charge in [0.1, 0.15) is 11.8 Å². The van der Waals surface area contributed by atoms with Crippen LogP contribution < -0.4 is 10.1 Å². The van der Waals surface area contributed by atoms with Gasteiger partial charge in [0, 0.05) is 13.1 Å². The molecule has 0 unspecified atom stereocenters. The molecular formula is C25H34N2O3. The molecule has 0 aliphatic carbocycles. The molecule has 2 rings (SSSR count). The van der Waals surface area contributed by atoms with Crippen LogP contribution in [-0.4, -0.2) is 35.9 Å². The summed E-state index contributed by atoms with van der Waals surface area (Å²) in [5, 5.41) is 2.93. The first-order valence-electron chi connectivity index (χ1n) is 10.8. The van der Waals surface area contributed by atoms with Gasteiger partial charge in [0.25, 0.3) is 5.91 Å². The van der Waals surface area contributed by atoms with E-state index in [1.165, 1.54) is 5.56 Å². The van der Waals surface area contributed by atoms with Crippen LogP contribution in [0.15, 0.2) is 48.5 Å². The minimum Gasteiger partial charge on any atom is -0.484 e. The van der Waals surface area contributed by atoms with Crippen LogP contribution in [0.4, 0.5) is 0 Å². The van der Waals surface area contributed by atoms with Gasteiger partial charge in [-0.3, -0.25) is 9.59 Å². The van der Waals surface area contributed by atoms with Gasteiger partial charge >= 0.3 is 0 Å². The first-order valence-corrected chi connectivity index (χ1v) is 10.8. The van der Waals surface area contributed by atoms with Crippen LogP contribution in [0, 0.1) is 6.92 Å². The summed E-state index contributed by atoms with van der Waals surface area (Å²) in [6.45, 7) is 8.83. The Balaban J connectivity index is 2.08. The number of hydrogen-bond donors (Lipinski definition) is 1. The lowest BCUT2D eigenvalue weighted by Crippen LogP contribution is -2.49. The van der Waals surface area contributed by atoms with E-state index in [0.29, 0.717) is 18.8 Å². The fraction of sp³-hybridized carbons (Fsp3) is 0.440. The number of amides is 2. The fourth-order valence-corrected chi connectivity index (χ4v) is 3.06. The van der Waals surface area contributed by atoms with Gasteiger partial charge in [-0.05, 0) is 49.9 Å². The highest BCUT2D eigenvalue weighted by molar-refractivity contribution is 5.87. The summed E-state index contributed by atoms with van der Waals surface area (Å²) in [7, 11) is 0. The second-order valence-corrected chi connectivity index (χ2v) is 7.61. The maximum atomic E-state index is 13.0. The van der Waals surface area contributed by atoms with Crippen molar-refractivity contribution < 1.29 is 14.3 Å². The molecule has 0 bridgehead atoms. The zero-order chi connectivity index (χ0) is 21.9. The highest BCUT2D eigenvalue weighted by atomic mass is 16.5. The molecule has 5 heteroatoms. The monoisotopic (exact) mass is 410 g/mol. The molecule has 5 nitrogen and oxygen atoms in total. The molecule has 30 heavy (non-hydrogen) atoms. The van der Waals surface area contributed by atoms with E-state index in [1.807, 2.05) is 55.5 Å². The van der Waals surface area contributed by atoms with Gasteiger partial charge in [0.05, 0.1) is 0 Å². The van der Waals surface area contributed by atoms with Crippen molar-refractivity contribution in [2.45, 2.75) is 59.5 Å². The molecular weight excluding hydrogens is 376 g/mol. The third-order valence-electron chi connectivity index (χ3n) is 5.16. The Bertz CT molecular complexity index is 800. The number of unbranched alkanes of at least 4 members (excludes halogenated alkanes) is 1. The minimum atomic E-state index is -0.582. The summed E-state index contributed by atoms with van der Waals surface area (Å²) in [6, 6.07) is 15.1. The Morgan fingerprint density at radius 3 is 2.23 bits per heavy atom. The van der Waals surface area contributed by atoms with Crippen LogP contribution in [-0.2, 0) is 22.6 Å². The van der Waals surface area contributed by atoms with E-state index in [9.17, 15) is 9.59 Å². The van der Waals surface area contributed by atoms with Crippen molar-refractivity contribution >= 4 is 11.8 Å². The lowest BCUT2D eigenvalue weighted by molar-refractivity contribution is -0.142. The maximum absolute atomic E-state index is 13.0. The summed E-state index contributed by atoms with van der Waals surface area (Å²) in [4.78, 5) is 27.2. The summed E-state index contributed by atoms with van der Waals surface area (Å²) in [6.07, 6.45) is 2.88. The molecule has 1 N–H and O–H groups in total. The van der Waals surface area contributed by atoms with Crippen molar-refractivity contribution in [2.75, 3.05) is 13.2 Å². The Morgan fingerprint density at radius 1 is 1.00 bits per heavy atom. The average Bonchev–Trinajstić information content (AvgIpc) is 2.77. The van der Waals surface area contributed by atoms with E-state index in [1.54, 1.807) is 11.8 Å². The van der Waals surface area contributed by atoms with Crippen molar-refractivity contribution in [3.8, 4) is 5.75 Å². The van der Waals surface area contributed by atoms with E-state index < -0.39 is 6.04 Å². The quantitative estimate of drug-likeness (QED) is 0.563. The van der Waals surface area contributed by atoms with Crippen LogP contribution in [0.3, 0.4) is 0 Å². The van der Waals surface area contributed by atoms with E-state index in [2.05, 4.69) is 19.2 Å². The predicted octanol–water partition coefficient (Wildman–Crippen LogP) is 4.27. The lowest BCUT2D eigenvalue weighted by Gasteiger charge is -2.28. The molecule has 0 heterocycles. The zero-order valence-corrected chi connectivity index (χ0v) is 18.6. The molecule has 0 saturated heterocycles. The Morgan fingerprint density at radius 2 is 1.63 bits per heavy atom. The van der Waals surface area contributed by atoms with E-state index in [-0.39, 0.29) is 18.4 Å². The summed E-state index contributed by atoms with van der Waals surface area (Å²) >= 11 is 0. The predicted molar refractivity (Wildman–Crippen MR) is 120 cm³/mol. The zero-order valence-electron chi connectivity index (χ0n) is 18.6. The van der Waals surface area contributed by atoms with Crippen molar-refractivity contribution in [1.29, 1.82) is 0 Å². The van der Waals surface area contributed by atoms with Crippen molar-refractivity contribution in [2.24, 2.45) is 0 Å². The molecule has 0 aromatic heterocycles. The van der Waals surface area contributed by atoms with Crippen molar-refractivity contribution in [3.05, 3.63) is 65.2 Å². The van der Waals surface area contributed by atoms with Crippen LogP contribution in [0.5, 0.6) is 5.75 Å². The first kappa shape index (κ1) is 23.5. The normalized spacial score (nSPS) is 11.6. The number of carbonyl (C=O) groups excluding carboxylic acids is 2. The minimum absolute atomic E-state index is 0.107. The maximum Gasteiger partial charge on any atom is 0.261 e. The number of aryl methyl sites for hydroxylation is 2. The van der Waals surface area contributed by atoms with Gasteiger partial charge in [-0.2, -0.15) is 0 Å². The molecule has 2 amide bonds. The van der Waals surface area contributed by atoms with Gasteiger partial charge in [0.2, 0.25) is 5.91 Å². The molecule has 0 fully saturated rings. The highest BCUT2D eigenvalue weighted by Gasteiger charge is 2.26. The number of ether oxygens (including phenoxy) is 1. The highest BCUT2D eigenvalue weighted by Crippen LogP contribution is 2.15. The van der Waals surface area contributed by atoms with Crippen molar-refractivity contribution in [1.82, 2.24) is 10.2 Å². The van der Waals surface area contributed by atoms with Crippen LogP contribution in [0.2, 0.25) is 0 Å². The second kappa shape index (κ2) is 12.0. The third kappa shape index (κ3) is 7.21. The topological polar surface area (TPSA) is 58.6 Å². The third-order valence-corrected chi connectivity index (χ3v) is 5.16. The molecule has 2 aromatic carbocycles. The average molecular weight is 411 g/mol. The molecule has 1 atom stereocenters. The van der Waals surface area contributed by atoms with Crippen LogP contribution in [0.25, 0.3) is 0 Å². The van der Waals surface area contributed by atoms with E-state index >= 15 is 0 Å². The number of benzene rings is 2. The van der Waals surface area contributed by atoms with Gasteiger partial charge in [-0.15, -0.1) is 0 Å². The van der Waals surface area contributed by atoms with Crippen LogP contribution in [0.1, 0.15) is 50.3 Å². The first-order chi connectivity index (χ1) is 14.4. The molecule has 0 aliphatic rings. The second-order valence-electron chi connectivity index (χ2n) is 7.61. The molecule has 0 radical (unpaired) electrons. The van der Waals surface area contributed by atoms with Gasteiger partial charge in [-0.1, -0.05) is 62.2 Å².